The Labute approximate surface area is 110 Å². The SMILES string of the molecule is CCC(C)N(C)C(=O)c1cc(Br)ccc1Cl. The number of hydrogen-bond acceptors (Lipinski definition) is 1. The number of rotatable bonds is 3. The fourth-order valence-corrected chi connectivity index (χ4v) is 1.88. The van der Waals surface area contributed by atoms with Gasteiger partial charge in [-0.2, -0.15) is 0 Å². The van der Waals surface area contributed by atoms with Crippen LogP contribution in [0.25, 0.3) is 0 Å². The lowest BCUT2D eigenvalue weighted by atomic mass is 10.1. The molecule has 2 nitrogen and oxygen atoms in total. The molecule has 0 heterocycles. The van der Waals surface area contributed by atoms with E-state index in [1.807, 2.05) is 13.0 Å². The number of hydrogen-bond donors (Lipinski definition) is 0. The van der Waals surface area contributed by atoms with Gasteiger partial charge in [0.25, 0.3) is 5.91 Å². The van der Waals surface area contributed by atoms with E-state index in [1.54, 1.807) is 24.1 Å². The fraction of sp³-hybridized carbons (Fsp3) is 0.417. The molecule has 0 fully saturated rings. The Kier molecular flexibility index (Phi) is 4.81. The lowest BCUT2D eigenvalue weighted by molar-refractivity contribution is 0.0740. The van der Waals surface area contributed by atoms with Crippen molar-refractivity contribution in [3.63, 3.8) is 0 Å². The Balaban J connectivity index is 3.00. The average molecular weight is 305 g/mol. The second kappa shape index (κ2) is 5.69. The molecule has 0 bridgehead atoms. The lowest BCUT2D eigenvalue weighted by Crippen LogP contribution is -2.34. The quantitative estimate of drug-likeness (QED) is 0.827. The summed E-state index contributed by atoms with van der Waals surface area (Å²) < 4.78 is 0.859. The zero-order chi connectivity index (χ0) is 12.3. The number of carbonyl (C=O) groups excluding carboxylic acids is 1. The van der Waals surface area contributed by atoms with Crippen LogP contribution in [-0.4, -0.2) is 23.9 Å². The van der Waals surface area contributed by atoms with Crippen molar-refractivity contribution < 1.29 is 4.79 Å². The molecule has 0 radical (unpaired) electrons. The van der Waals surface area contributed by atoms with Gasteiger partial charge in [-0.3, -0.25) is 4.79 Å². The third-order valence-electron chi connectivity index (χ3n) is 2.73. The molecule has 0 aliphatic heterocycles. The second-order valence-electron chi connectivity index (χ2n) is 3.80. The molecular formula is C12H15BrClNO. The molecular weight excluding hydrogens is 289 g/mol. The van der Waals surface area contributed by atoms with Crippen molar-refractivity contribution in [2.24, 2.45) is 0 Å². The van der Waals surface area contributed by atoms with Gasteiger partial charge < -0.3 is 4.90 Å². The summed E-state index contributed by atoms with van der Waals surface area (Å²) >= 11 is 9.35. The Morgan fingerprint density at radius 2 is 2.19 bits per heavy atom. The van der Waals surface area contributed by atoms with E-state index in [1.165, 1.54) is 0 Å². The molecule has 1 aromatic rings. The van der Waals surface area contributed by atoms with E-state index in [2.05, 4.69) is 22.9 Å². The zero-order valence-corrected chi connectivity index (χ0v) is 12.0. The zero-order valence-electron chi connectivity index (χ0n) is 9.63. The smallest absolute Gasteiger partial charge is 0.255 e. The van der Waals surface area contributed by atoms with Gasteiger partial charge in [0.15, 0.2) is 0 Å². The maximum Gasteiger partial charge on any atom is 0.255 e. The minimum atomic E-state index is -0.0411. The first-order chi connectivity index (χ1) is 7.47. The van der Waals surface area contributed by atoms with Crippen LogP contribution in [0.5, 0.6) is 0 Å². The number of carbonyl (C=O) groups is 1. The van der Waals surface area contributed by atoms with Gasteiger partial charge in [-0.05, 0) is 31.5 Å². The first kappa shape index (κ1) is 13.5. The van der Waals surface area contributed by atoms with Crippen LogP contribution in [0.2, 0.25) is 5.02 Å². The molecule has 1 aromatic carbocycles. The third-order valence-corrected chi connectivity index (χ3v) is 3.55. The number of amides is 1. The monoisotopic (exact) mass is 303 g/mol. The standard InChI is InChI=1S/C12H15BrClNO/c1-4-8(2)15(3)12(16)10-7-9(13)5-6-11(10)14/h5-8H,4H2,1-3H3. The van der Waals surface area contributed by atoms with Crippen molar-refractivity contribution in [2.45, 2.75) is 26.3 Å². The summed E-state index contributed by atoms with van der Waals surface area (Å²) in [5.41, 5.74) is 0.541. The van der Waals surface area contributed by atoms with Gasteiger partial charge in [0.05, 0.1) is 10.6 Å². The predicted molar refractivity (Wildman–Crippen MR) is 71.0 cm³/mol. The van der Waals surface area contributed by atoms with E-state index < -0.39 is 0 Å². The van der Waals surface area contributed by atoms with Crippen molar-refractivity contribution in [1.82, 2.24) is 4.90 Å². The summed E-state index contributed by atoms with van der Waals surface area (Å²) in [7, 11) is 1.80. The Hall–Kier alpha value is -0.540. The first-order valence-electron chi connectivity index (χ1n) is 5.19. The molecule has 0 saturated carbocycles. The summed E-state index contributed by atoms with van der Waals surface area (Å²) in [6, 6.07) is 5.51. The Bertz CT molecular complexity index is 395. The predicted octanol–water partition coefficient (Wildman–Crippen LogP) is 3.97. The van der Waals surface area contributed by atoms with Gasteiger partial charge in [-0.1, -0.05) is 34.5 Å². The highest BCUT2D eigenvalue weighted by Crippen LogP contribution is 2.22. The molecule has 1 unspecified atom stereocenters. The summed E-state index contributed by atoms with van der Waals surface area (Å²) in [4.78, 5) is 13.9. The minimum Gasteiger partial charge on any atom is -0.339 e. The molecule has 0 saturated heterocycles. The third kappa shape index (κ3) is 2.98. The van der Waals surface area contributed by atoms with E-state index in [-0.39, 0.29) is 11.9 Å². The van der Waals surface area contributed by atoms with Gasteiger partial charge >= 0.3 is 0 Å². The van der Waals surface area contributed by atoms with Crippen LogP contribution in [0.15, 0.2) is 22.7 Å². The molecule has 0 N–H and O–H groups in total. The molecule has 1 rings (SSSR count). The van der Waals surface area contributed by atoms with E-state index in [9.17, 15) is 4.79 Å². The average Bonchev–Trinajstić information content (AvgIpc) is 2.29. The summed E-state index contributed by atoms with van der Waals surface area (Å²) in [6.07, 6.45) is 0.924. The Morgan fingerprint density at radius 3 is 2.75 bits per heavy atom. The van der Waals surface area contributed by atoms with Crippen LogP contribution >= 0.6 is 27.5 Å². The molecule has 0 aromatic heterocycles. The van der Waals surface area contributed by atoms with Crippen molar-refractivity contribution in [2.75, 3.05) is 7.05 Å². The maximum atomic E-state index is 12.1. The summed E-state index contributed by atoms with van der Waals surface area (Å²) in [5, 5.41) is 0.489. The van der Waals surface area contributed by atoms with Crippen molar-refractivity contribution in [3.8, 4) is 0 Å². The molecule has 16 heavy (non-hydrogen) atoms. The van der Waals surface area contributed by atoms with Crippen molar-refractivity contribution in [1.29, 1.82) is 0 Å². The van der Waals surface area contributed by atoms with E-state index >= 15 is 0 Å². The van der Waals surface area contributed by atoms with Gasteiger partial charge in [0.1, 0.15) is 0 Å². The van der Waals surface area contributed by atoms with Crippen LogP contribution in [0, 0.1) is 0 Å². The van der Waals surface area contributed by atoms with Gasteiger partial charge in [0, 0.05) is 17.6 Å². The van der Waals surface area contributed by atoms with Gasteiger partial charge in [-0.15, -0.1) is 0 Å². The van der Waals surface area contributed by atoms with E-state index in [0.29, 0.717) is 10.6 Å². The van der Waals surface area contributed by atoms with Crippen LogP contribution in [-0.2, 0) is 0 Å². The topological polar surface area (TPSA) is 20.3 Å². The summed E-state index contributed by atoms with van der Waals surface area (Å²) in [5.74, 6) is -0.0411. The largest absolute Gasteiger partial charge is 0.339 e. The van der Waals surface area contributed by atoms with Crippen molar-refractivity contribution >= 4 is 33.4 Å². The molecule has 88 valence electrons. The number of nitrogens with zero attached hydrogens (tertiary/aromatic N) is 1. The van der Waals surface area contributed by atoms with Crippen LogP contribution in [0.3, 0.4) is 0 Å². The maximum absolute atomic E-state index is 12.1. The molecule has 0 aliphatic carbocycles. The highest BCUT2D eigenvalue weighted by molar-refractivity contribution is 9.10. The molecule has 1 atom stereocenters. The minimum absolute atomic E-state index is 0.0411. The fourth-order valence-electron chi connectivity index (χ4n) is 1.33. The molecule has 0 spiro atoms. The second-order valence-corrected chi connectivity index (χ2v) is 5.12. The number of benzene rings is 1. The van der Waals surface area contributed by atoms with E-state index in [0.717, 1.165) is 10.9 Å². The van der Waals surface area contributed by atoms with E-state index in [4.69, 9.17) is 11.6 Å². The molecule has 1 amide bonds. The highest BCUT2D eigenvalue weighted by atomic mass is 79.9. The normalized spacial score (nSPS) is 12.3. The molecule has 0 aliphatic rings. The van der Waals surface area contributed by atoms with Gasteiger partial charge in [0.2, 0.25) is 0 Å². The summed E-state index contributed by atoms with van der Waals surface area (Å²) in [6.45, 7) is 4.07. The molecule has 4 heteroatoms. The van der Waals surface area contributed by atoms with Crippen LogP contribution in [0.1, 0.15) is 30.6 Å². The van der Waals surface area contributed by atoms with Gasteiger partial charge in [-0.25, -0.2) is 0 Å². The van der Waals surface area contributed by atoms with Crippen LogP contribution < -0.4 is 0 Å². The lowest BCUT2D eigenvalue weighted by Gasteiger charge is -2.24. The first-order valence-corrected chi connectivity index (χ1v) is 6.36. The van der Waals surface area contributed by atoms with Crippen molar-refractivity contribution in [3.05, 3.63) is 33.3 Å². The highest BCUT2D eigenvalue weighted by Gasteiger charge is 2.18. The Morgan fingerprint density at radius 1 is 1.56 bits per heavy atom. The van der Waals surface area contributed by atoms with Crippen LogP contribution in [0.4, 0.5) is 0 Å². The number of halogens is 2.